The van der Waals surface area contributed by atoms with Crippen molar-refractivity contribution in [3.63, 3.8) is 0 Å². The predicted octanol–water partition coefficient (Wildman–Crippen LogP) is 6.25. The molecule has 0 saturated carbocycles. The number of hydrogen-bond donors (Lipinski definition) is 2. The normalized spacial score (nSPS) is 12.5. The van der Waals surface area contributed by atoms with E-state index in [4.69, 9.17) is 23.2 Å². The summed E-state index contributed by atoms with van der Waals surface area (Å²) in [4.78, 5) is 8.87. The molecule has 2 rings (SSSR count). The van der Waals surface area contributed by atoms with Gasteiger partial charge < -0.3 is 10.2 Å². The van der Waals surface area contributed by atoms with Gasteiger partial charge in [0.05, 0.1) is 22.0 Å². The van der Waals surface area contributed by atoms with E-state index in [1.54, 1.807) is 38.1 Å². The first kappa shape index (κ1) is 21.2. The van der Waals surface area contributed by atoms with Gasteiger partial charge >= 0.3 is 0 Å². The standard InChI is InChI=1S/C18H16Br2Cl2N2O2/c1-9(13-5-11(21)7-15(19)17(13)25)23-3-4-24-10(2)14-6-12(22)8-16(20)18(14)26/h5-8,25-26H,3-4H2,1-2H3. The fourth-order valence-corrected chi connectivity index (χ4v) is 3.91. The van der Waals surface area contributed by atoms with Gasteiger partial charge in [0, 0.05) is 32.6 Å². The SMILES string of the molecule is CC(=NCCN=C(C)c1cc(Cl)cc(Br)c1O)c1cc(Cl)cc(Br)c1O. The Morgan fingerprint density at radius 1 is 0.808 bits per heavy atom. The number of hydrogen-bond acceptors (Lipinski definition) is 4. The lowest BCUT2D eigenvalue weighted by molar-refractivity contribution is 0.470. The number of phenols is 2. The zero-order valence-corrected chi connectivity index (χ0v) is 18.7. The third-order valence-electron chi connectivity index (χ3n) is 3.63. The Hall–Kier alpha value is -1.08. The summed E-state index contributed by atoms with van der Waals surface area (Å²) in [5.74, 6) is 0.202. The van der Waals surface area contributed by atoms with Gasteiger partial charge in [-0.3, -0.25) is 9.98 Å². The van der Waals surface area contributed by atoms with Crippen LogP contribution in [0.3, 0.4) is 0 Å². The summed E-state index contributed by atoms with van der Waals surface area (Å²) in [5, 5.41) is 21.2. The van der Waals surface area contributed by atoms with Gasteiger partial charge in [-0.05, 0) is 70.0 Å². The van der Waals surface area contributed by atoms with Gasteiger partial charge in [-0.15, -0.1) is 0 Å². The van der Waals surface area contributed by atoms with E-state index >= 15 is 0 Å². The number of benzene rings is 2. The van der Waals surface area contributed by atoms with E-state index in [0.717, 1.165) is 0 Å². The average molecular weight is 523 g/mol. The lowest BCUT2D eigenvalue weighted by atomic mass is 10.1. The van der Waals surface area contributed by atoms with Crippen LogP contribution in [0, 0.1) is 0 Å². The van der Waals surface area contributed by atoms with Crippen LogP contribution in [-0.2, 0) is 0 Å². The first-order valence-corrected chi connectivity index (χ1v) is 9.93. The van der Waals surface area contributed by atoms with Crippen LogP contribution in [0.5, 0.6) is 11.5 Å². The molecule has 0 aliphatic carbocycles. The summed E-state index contributed by atoms with van der Waals surface area (Å²) in [6, 6.07) is 6.57. The van der Waals surface area contributed by atoms with E-state index in [0.29, 0.717) is 54.6 Å². The molecule has 0 heterocycles. The molecule has 138 valence electrons. The van der Waals surface area contributed by atoms with Crippen LogP contribution >= 0.6 is 55.1 Å². The van der Waals surface area contributed by atoms with Crippen molar-refractivity contribution in [2.45, 2.75) is 13.8 Å². The van der Waals surface area contributed by atoms with Crippen molar-refractivity contribution in [1.29, 1.82) is 0 Å². The molecule has 0 atom stereocenters. The number of rotatable bonds is 5. The lowest BCUT2D eigenvalue weighted by Gasteiger charge is -2.08. The third kappa shape index (κ3) is 5.22. The van der Waals surface area contributed by atoms with Crippen molar-refractivity contribution < 1.29 is 10.2 Å². The molecule has 0 unspecified atom stereocenters. The van der Waals surface area contributed by atoms with E-state index in [2.05, 4.69) is 41.8 Å². The van der Waals surface area contributed by atoms with Crippen molar-refractivity contribution in [3.05, 3.63) is 54.4 Å². The van der Waals surface area contributed by atoms with Crippen LogP contribution in [0.15, 0.2) is 43.2 Å². The molecule has 2 aromatic rings. The van der Waals surface area contributed by atoms with E-state index in [-0.39, 0.29) is 11.5 Å². The van der Waals surface area contributed by atoms with E-state index in [1.807, 2.05) is 0 Å². The largest absolute Gasteiger partial charge is 0.506 e. The molecule has 26 heavy (non-hydrogen) atoms. The first-order valence-electron chi connectivity index (χ1n) is 7.59. The number of nitrogens with zero attached hydrogens (tertiary/aromatic N) is 2. The van der Waals surface area contributed by atoms with Crippen LogP contribution in [0.4, 0.5) is 0 Å². The van der Waals surface area contributed by atoms with E-state index in [9.17, 15) is 10.2 Å². The van der Waals surface area contributed by atoms with Crippen molar-refractivity contribution in [1.82, 2.24) is 0 Å². The number of halogens is 4. The number of phenolic OH excluding ortho intramolecular Hbond substituents is 2. The van der Waals surface area contributed by atoms with E-state index in [1.165, 1.54) is 0 Å². The smallest absolute Gasteiger partial charge is 0.138 e. The molecule has 0 bridgehead atoms. The highest BCUT2D eigenvalue weighted by Gasteiger charge is 2.11. The van der Waals surface area contributed by atoms with Crippen LogP contribution in [-0.4, -0.2) is 34.7 Å². The molecule has 0 radical (unpaired) electrons. The zero-order chi connectivity index (χ0) is 19.4. The third-order valence-corrected chi connectivity index (χ3v) is 5.28. The molecular weight excluding hydrogens is 507 g/mol. The Balaban J connectivity index is 2.12. The van der Waals surface area contributed by atoms with Crippen molar-refractivity contribution in [2.24, 2.45) is 9.98 Å². The van der Waals surface area contributed by atoms with Gasteiger partial charge in [0.2, 0.25) is 0 Å². The highest BCUT2D eigenvalue weighted by Crippen LogP contribution is 2.33. The molecule has 2 aromatic carbocycles. The first-order chi connectivity index (χ1) is 12.2. The summed E-state index contributed by atoms with van der Waals surface area (Å²) in [6.45, 7) is 4.45. The van der Waals surface area contributed by atoms with Gasteiger partial charge in [-0.2, -0.15) is 0 Å². The summed E-state index contributed by atoms with van der Waals surface area (Å²) in [5.41, 5.74) is 2.46. The Kier molecular flexibility index (Phi) is 7.52. The minimum atomic E-state index is 0.101. The quantitative estimate of drug-likeness (QED) is 0.360. The minimum absolute atomic E-state index is 0.101. The molecule has 0 aliphatic rings. The highest BCUT2D eigenvalue weighted by molar-refractivity contribution is 9.10. The highest BCUT2D eigenvalue weighted by atomic mass is 79.9. The lowest BCUT2D eigenvalue weighted by Crippen LogP contribution is -2.02. The van der Waals surface area contributed by atoms with E-state index < -0.39 is 0 Å². The maximum Gasteiger partial charge on any atom is 0.138 e. The van der Waals surface area contributed by atoms with Gasteiger partial charge in [0.1, 0.15) is 11.5 Å². The maximum atomic E-state index is 10.1. The van der Waals surface area contributed by atoms with Crippen molar-refractivity contribution >= 4 is 66.5 Å². The second-order valence-corrected chi connectivity index (χ2v) is 8.08. The monoisotopic (exact) mass is 520 g/mol. The van der Waals surface area contributed by atoms with Crippen LogP contribution in [0.25, 0.3) is 0 Å². The fraction of sp³-hybridized carbons (Fsp3) is 0.222. The predicted molar refractivity (Wildman–Crippen MR) is 116 cm³/mol. The number of aliphatic imine (C=N–C) groups is 2. The van der Waals surface area contributed by atoms with Crippen molar-refractivity contribution in [2.75, 3.05) is 13.1 Å². The maximum absolute atomic E-state index is 10.1. The molecule has 0 aliphatic heterocycles. The average Bonchev–Trinajstić information content (AvgIpc) is 2.57. The van der Waals surface area contributed by atoms with Gasteiger partial charge in [-0.25, -0.2) is 0 Å². The molecule has 0 saturated heterocycles. The van der Waals surface area contributed by atoms with Crippen molar-refractivity contribution in [3.8, 4) is 11.5 Å². The summed E-state index contributed by atoms with van der Waals surface area (Å²) in [6.07, 6.45) is 0. The zero-order valence-electron chi connectivity index (χ0n) is 14.0. The Labute approximate surface area is 178 Å². The second-order valence-electron chi connectivity index (χ2n) is 5.50. The molecular formula is C18H16Br2Cl2N2O2. The fourth-order valence-electron chi connectivity index (χ4n) is 2.29. The topological polar surface area (TPSA) is 65.2 Å². The Morgan fingerprint density at radius 2 is 1.15 bits per heavy atom. The van der Waals surface area contributed by atoms with Crippen LogP contribution < -0.4 is 0 Å². The minimum Gasteiger partial charge on any atom is -0.506 e. The van der Waals surface area contributed by atoms with Crippen LogP contribution in [0.1, 0.15) is 25.0 Å². The molecule has 0 fully saturated rings. The molecule has 0 aromatic heterocycles. The second kappa shape index (κ2) is 9.22. The molecule has 0 amide bonds. The Bertz CT molecular complexity index is 826. The molecule has 8 heteroatoms. The summed E-state index contributed by atoms with van der Waals surface area (Å²) >= 11 is 18.6. The summed E-state index contributed by atoms with van der Waals surface area (Å²) in [7, 11) is 0. The molecule has 4 nitrogen and oxygen atoms in total. The number of aromatic hydroxyl groups is 2. The van der Waals surface area contributed by atoms with Gasteiger partial charge in [-0.1, -0.05) is 23.2 Å². The van der Waals surface area contributed by atoms with Gasteiger partial charge in [0.15, 0.2) is 0 Å². The molecule has 0 spiro atoms. The van der Waals surface area contributed by atoms with Gasteiger partial charge in [0.25, 0.3) is 0 Å². The van der Waals surface area contributed by atoms with Crippen LogP contribution in [0.2, 0.25) is 10.0 Å². The summed E-state index contributed by atoms with van der Waals surface area (Å²) < 4.78 is 1.04. The molecule has 2 N–H and O–H groups in total. The Morgan fingerprint density at radius 3 is 1.50 bits per heavy atom.